The molecule has 3 heteroatoms. The summed E-state index contributed by atoms with van der Waals surface area (Å²) in [5.41, 5.74) is 4.52. The molecule has 3 rings (SSSR count). The van der Waals surface area contributed by atoms with Crippen LogP contribution in [0.1, 0.15) is 17.0 Å². The van der Waals surface area contributed by atoms with Gasteiger partial charge in [-0.25, -0.2) is 0 Å². The van der Waals surface area contributed by atoms with Crippen molar-refractivity contribution in [2.24, 2.45) is 0 Å². The van der Waals surface area contributed by atoms with E-state index in [-0.39, 0.29) is 5.92 Å². The zero-order valence-electron chi connectivity index (χ0n) is 10.5. The lowest BCUT2D eigenvalue weighted by molar-refractivity contribution is 0.409. The topological polar surface area (TPSA) is 33.0 Å². The molecular weight excluding hydrogens is 302 g/mol. The van der Waals surface area contributed by atoms with E-state index in [0.717, 1.165) is 26.9 Å². The van der Waals surface area contributed by atoms with Crippen LogP contribution >= 0.6 is 15.9 Å². The Morgan fingerprint density at radius 3 is 2.84 bits per heavy atom. The lowest BCUT2D eigenvalue weighted by atomic mass is 9.79. The average Bonchev–Trinajstić information content (AvgIpc) is 2.45. The number of hydrogen-bond donors (Lipinski definition) is 0. The van der Waals surface area contributed by atoms with Crippen molar-refractivity contribution in [3.05, 3.63) is 52.0 Å². The summed E-state index contributed by atoms with van der Waals surface area (Å²) < 4.78 is 6.46. The molecule has 2 aromatic carbocycles. The van der Waals surface area contributed by atoms with Crippen LogP contribution in [0.25, 0.3) is 11.1 Å². The molecule has 1 aliphatic rings. The van der Waals surface area contributed by atoms with Gasteiger partial charge in [-0.05, 0) is 41.3 Å². The number of fused-ring (bicyclic) bond motifs is 3. The van der Waals surface area contributed by atoms with Gasteiger partial charge in [0.25, 0.3) is 0 Å². The Labute approximate surface area is 120 Å². The van der Waals surface area contributed by atoms with Crippen LogP contribution in [0.4, 0.5) is 0 Å². The van der Waals surface area contributed by atoms with Gasteiger partial charge in [0, 0.05) is 10.0 Å². The van der Waals surface area contributed by atoms with Crippen LogP contribution in [-0.2, 0) is 6.42 Å². The summed E-state index contributed by atoms with van der Waals surface area (Å²) in [5, 5.41) is 9.39. The third kappa shape index (κ3) is 1.93. The number of nitrogens with zero attached hydrogens (tertiary/aromatic N) is 1. The Morgan fingerprint density at radius 2 is 2.11 bits per heavy atom. The smallest absolute Gasteiger partial charge is 0.122 e. The number of methoxy groups -OCH3 is 1. The maximum absolute atomic E-state index is 9.39. The van der Waals surface area contributed by atoms with Gasteiger partial charge in [-0.2, -0.15) is 5.26 Å². The molecule has 0 amide bonds. The Hall–Kier alpha value is -1.79. The van der Waals surface area contributed by atoms with E-state index in [9.17, 15) is 5.26 Å². The van der Waals surface area contributed by atoms with Crippen molar-refractivity contribution in [1.82, 2.24) is 0 Å². The van der Waals surface area contributed by atoms with E-state index in [4.69, 9.17) is 4.74 Å². The number of rotatable bonds is 1. The van der Waals surface area contributed by atoms with Gasteiger partial charge in [-0.15, -0.1) is 0 Å². The molecule has 0 heterocycles. The minimum absolute atomic E-state index is 0.105. The van der Waals surface area contributed by atoms with E-state index < -0.39 is 0 Å². The van der Waals surface area contributed by atoms with E-state index in [2.05, 4.69) is 34.1 Å². The zero-order valence-corrected chi connectivity index (χ0v) is 12.1. The molecule has 0 saturated heterocycles. The van der Waals surface area contributed by atoms with Crippen LogP contribution in [0.3, 0.4) is 0 Å². The number of nitriles is 1. The number of ether oxygens (including phenoxy) is 1. The molecule has 0 saturated carbocycles. The van der Waals surface area contributed by atoms with Gasteiger partial charge in [0.1, 0.15) is 5.75 Å². The summed E-state index contributed by atoms with van der Waals surface area (Å²) in [5.74, 6) is 0.760. The first-order chi connectivity index (χ1) is 9.24. The van der Waals surface area contributed by atoms with Gasteiger partial charge >= 0.3 is 0 Å². The highest BCUT2D eigenvalue weighted by atomic mass is 79.9. The summed E-state index contributed by atoms with van der Waals surface area (Å²) >= 11 is 3.51. The summed E-state index contributed by atoms with van der Waals surface area (Å²) in [4.78, 5) is 0. The average molecular weight is 314 g/mol. The second-order valence-electron chi connectivity index (χ2n) is 4.60. The second kappa shape index (κ2) is 4.71. The number of benzene rings is 2. The molecule has 2 aromatic rings. The van der Waals surface area contributed by atoms with Crippen LogP contribution in [0.15, 0.2) is 40.9 Å². The first-order valence-electron chi connectivity index (χ1n) is 6.10. The molecule has 0 spiro atoms. The standard InChI is InChI=1S/C16H12BrNO/c1-19-16-4-2-3-13-14-8-11(17)5-6-12(14)10(9-18)7-15(13)16/h2-6,8,10H,7H2,1H3. The molecular formula is C16H12BrNO. The van der Waals surface area contributed by atoms with E-state index in [1.807, 2.05) is 24.3 Å². The fourth-order valence-electron chi connectivity index (χ4n) is 2.71. The third-order valence-electron chi connectivity index (χ3n) is 3.60. The number of hydrogen-bond acceptors (Lipinski definition) is 2. The van der Waals surface area contributed by atoms with Crippen LogP contribution in [0.2, 0.25) is 0 Å². The zero-order chi connectivity index (χ0) is 13.4. The van der Waals surface area contributed by atoms with Crippen LogP contribution in [-0.4, -0.2) is 7.11 Å². The van der Waals surface area contributed by atoms with Crippen molar-refractivity contribution in [2.45, 2.75) is 12.3 Å². The molecule has 0 fully saturated rings. The molecule has 94 valence electrons. The Kier molecular flexibility index (Phi) is 3.04. The predicted molar refractivity (Wildman–Crippen MR) is 78.2 cm³/mol. The quantitative estimate of drug-likeness (QED) is 0.787. The van der Waals surface area contributed by atoms with Crippen LogP contribution in [0.5, 0.6) is 5.75 Å². The van der Waals surface area contributed by atoms with Crippen molar-refractivity contribution in [3.63, 3.8) is 0 Å². The molecule has 0 bridgehead atoms. The lowest BCUT2D eigenvalue weighted by Gasteiger charge is -2.25. The molecule has 1 unspecified atom stereocenters. The van der Waals surface area contributed by atoms with E-state index in [1.54, 1.807) is 7.11 Å². The molecule has 0 aromatic heterocycles. The van der Waals surface area contributed by atoms with Gasteiger partial charge in [0.05, 0.1) is 19.1 Å². The maximum atomic E-state index is 9.39. The fourth-order valence-corrected chi connectivity index (χ4v) is 3.08. The monoisotopic (exact) mass is 313 g/mol. The molecule has 0 radical (unpaired) electrons. The van der Waals surface area contributed by atoms with Gasteiger partial charge < -0.3 is 4.74 Å². The van der Waals surface area contributed by atoms with E-state index in [0.29, 0.717) is 6.42 Å². The molecule has 1 aliphatic carbocycles. The van der Waals surface area contributed by atoms with Gasteiger partial charge in [0.2, 0.25) is 0 Å². The normalized spacial score (nSPS) is 16.2. The first-order valence-corrected chi connectivity index (χ1v) is 6.89. The number of halogens is 1. The summed E-state index contributed by atoms with van der Waals surface area (Å²) in [6.45, 7) is 0. The molecule has 19 heavy (non-hydrogen) atoms. The van der Waals surface area contributed by atoms with Crippen LogP contribution < -0.4 is 4.74 Å². The first kappa shape index (κ1) is 12.3. The Bertz CT molecular complexity index is 688. The summed E-state index contributed by atoms with van der Waals surface area (Å²) in [7, 11) is 1.67. The minimum Gasteiger partial charge on any atom is -0.496 e. The van der Waals surface area contributed by atoms with Gasteiger partial charge in [0.15, 0.2) is 0 Å². The second-order valence-corrected chi connectivity index (χ2v) is 5.52. The Morgan fingerprint density at radius 1 is 1.26 bits per heavy atom. The largest absolute Gasteiger partial charge is 0.496 e. The van der Waals surface area contributed by atoms with Crippen LogP contribution in [0, 0.1) is 11.3 Å². The summed E-state index contributed by atoms with van der Waals surface area (Å²) in [6, 6.07) is 14.6. The lowest BCUT2D eigenvalue weighted by Crippen LogP contribution is -2.11. The molecule has 0 N–H and O–H groups in total. The molecule has 0 aliphatic heterocycles. The van der Waals surface area contributed by atoms with Crippen molar-refractivity contribution in [1.29, 1.82) is 5.26 Å². The summed E-state index contributed by atoms with van der Waals surface area (Å²) in [6.07, 6.45) is 0.713. The third-order valence-corrected chi connectivity index (χ3v) is 4.09. The SMILES string of the molecule is COc1cccc2c1CC(C#N)c1ccc(Br)cc1-2. The highest BCUT2D eigenvalue weighted by Gasteiger charge is 2.26. The molecule has 2 nitrogen and oxygen atoms in total. The van der Waals surface area contributed by atoms with Crippen molar-refractivity contribution in [2.75, 3.05) is 7.11 Å². The predicted octanol–water partition coefficient (Wildman–Crippen LogP) is 4.29. The fraction of sp³-hybridized carbons (Fsp3) is 0.188. The van der Waals surface area contributed by atoms with E-state index in [1.165, 1.54) is 5.56 Å². The molecule has 1 atom stereocenters. The van der Waals surface area contributed by atoms with E-state index >= 15 is 0 Å². The maximum Gasteiger partial charge on any atom is 0.122 e. The Balaban J connectivity index is 2.30. The van der Waals surface area contributed by atoms with Crippen molar-refractivity contribution in [3.8, 4) is 22.9 Å². The highest BCUT2D eigenvalue weighted by Crippen LogP contribution is 2.43. The van der Waals surface area contributed by atoms with Gasteiger partial charge in [-0.3, -0.25) is 0 Å². The highest BCUT2D eigenvalue weighted by molar-refractivity contribution is 9.10. The minimum atomic E-state index is -0.105. The van der Waals surface area contributed by atoms with Gasteiger partial charge in [-0.1, -0.05) is 34.1 Å². The van der Waals surface area contributed by atoms with Crippen molar-refractivity contribution >= 4 is 15.9 Å². The van der Waals surface area contributed by atoms with Crippen molar-refractivity contribution < 1.29 is 4.74 Å².